The fraction of sp³-hybridized carbons (Fsp3) is 0.415. The number of hydrogen-bond acceptors (Lipinski definition) is 12. The number of fused-ring (bicyclic) bond motifs is 8. The Labute approximate surface area is 483 Å². The number of amides is 6. The molecule has 5 aromatic rings. The molecule has 0 aliphatic carbocycles. The normalized spacial score (nSPS) is 18.5. The van der Waals surface area contributed by atoms with Crippen LogP contribution in [0, 0.1) is 12.8 Å². The average Bonchev–Trinajstić information content (AvgIpc) is 4.16. The van der Waals surface area contributed by atoms with Gasteiger partial charge in [-0.25, -0.2) is 0 Å². The third-order valence-corrected chi connectivity index (χ3v) is 17.6. The minimum Gasteiger partial charge on any atom is -0.493 e. The lowest BCUT2D eigenvalue weighted by Gasteiger charge is -2.23. The Morgan fingerprint density at radius 2 is 1.24 bits per heavy atom. The van der Waals surface area contributed by atoms with Crippen LogP contribution in [0.25, 0.3) is 0 Å². The summed E-state index contributed by atoms with van der Waals surface area (Å²) in [7, 11) is 1.55. The van der Waals surface area contributed by atoms with E-state index in [1.54, 1.807) is 39.3 Å². The van der Waals surface area contributed by atoms with Crippen LogP contribution in [0.15, 0.2) is 91.0 Å². The molecular formula is C65H71N5O11S. The lowest BCUT2D eigenvalue weighted by molar-refractivity contribution is -0.138. The lowest BCUT2D eigenvalue weighted by Crippen LogP contribution is -2.39. The number of thioether (sulfide) groups is 1. The zero-order valence-corrected chi connectivity index (χ0v) is 48.1. The van der Waals surface area contributed by atoms with Gasteiger partial charge in [-0.05, 0) is 171 Å². The van der Waals surface area contributed by atoms with Crippen LogP contribution >= 0.6 is 11.8 Å². The number of anilines is 3. The fourth-order valence-corrected chi connectivity index (χ4v) is 12.8. The highest BCUT2D eigenvalue weighted by Crippen LogP contribution is 2.42. The molecule has 17 heteroatoms. The summed E-state index contributed by atoms with van der Waals surface area (Å²) in [6.45, 7) is 5.58. The maximum atomic E-state index is 14.2. The Hall–Kier alpha value is -7.79. The third kappa shape index (κ3) is 12.5. The van der Waals surface area contributed by atoms with Gasteiger partial charge in [-0.15, -0.1) is 0 Å². The number of rotatable bonds is 23. The highest BCUT2D eigenvalue weighted by Gasteiger charge is 2.40. The molecule has 428 valence electrons. The van der Waals surface area contributed by atoms with Gasteiger partial charge in [-0.2, -0.15) is 11.8 Å². The monoisotopic (exact) mass is 1130 g/mol. The maximum absolute atomic E-state index is 14.2. The molecule has 10 rings (SSSR count). The first-order valence-electron chi connectivity index (χ1n) is 28.6. The molecule has 1 saturated heterocycles. The van der Waals surface area contributed by atoms with E-state index in [9.17, 15) is 38.4 Å². The number of imide groups is 1. The van der Waals surface area contributed by atoms with Gasteiger partial charge in [0.1, 0.15) is 24.7 Å². The first-order valence-corrected chi connectivity index (χ1v) is 29.9. The summed E-state index contributed by atoms with van der Waals surface area (Å²) in [5.41, 5.74) is 10.0. The van der Waals surface area contributed by atoms with E-state index in [0.717, 1.165) is 65.7 Å². The van der Waals surface area contributed by atoms with Crippen molar-refractivity contribution in [1.82, 2.24) is 10.2 Å². The van der Waals surface area contributed by atoms with Gasteiger partial charge in [-0.1, -0.05) is 43.3 Å². The molecule has 2 N–H and O–H groups in total. The van der Waals surface area contributed by atoms with Crippen LogP contribution in [-0.4, -0.2) is 95.2 Å². The second-order valence-electron chi connectivity index (χ2n) is 22.5. The number of likely N-dealkylation sites (tertiary alicyclic amines) is 1. The van der Waals surface area contributed by atoms with Crippen LogP contribution in [0.5, 0.6) is 17.2 Å². The van der Waals surface area contributed by atoms with Gasteiger partial charge in [0.05, 0.1) is 18.4 Å². The van der Waals surface area contributed by atoms with E-state index in [1.807, 2.05) is 83.5 Å². The second-order valence-corrected chi connectivity index (χ2v) is 23.5. The Kier molecular flexibility index (Phi) is 17.6. The van der Waals surface area contributed by atoms with Gasteiger partial charge in [0.2, 0.25) is 23.6 Å². The van der Waals surface area contributed by atoms with Crippen LogP contribution in [0.2, 0.25) is 0 Å². The zero-order chi connectivity index (χ0) is 57.8. The van der Waals surface area contributed by atoms with Gasteiger partial charge < -0.3 is 34.6 Å². The first kappa shape index (κ1) is 57.4. The first-order chi connectivity index (χ1) is 39.6. The molecule has 5 heterocycles. The molecule has 0 bridgehead atoms. The van der Waals surface area contributed by atoms with Crippen molar-refractivity contribution in [3.05, 3.63) is 141 Å². The Morgan fingerprint density at radius 3 is 1.85 bits per heavy atom. The Morgan fingerprint density at radius 1 is 0.671 bits per heavy atom. The average molecular weight is 1130 g/mol. The van der Waals surface area contributed by atoms with Crippen molar-refractivity contribution in [2.75, 3.05) is 35.0 Å². The van der Waals surface area contributed by atoms with Crippen molar-refractivity contribution in [2.45, 2.75) is 147 Å². The summed E-state index contributed by atoms with van der Waals surface area (Å²) in [5, 5.41) is 5.41. The van der Waals surface area contributed by atoms with Crippen molar-refractivity contribution in [3.63, 3.8) is 0 Å². The molecule has 16 nitrogen and oxygen atoms in total. The molecule has 0 aromatic heterocycles. The van der Waals surface area contributed by atoms with E-state index in [0.29, 0.717) is 65.3 Å². The van der Waals surface area contributed by atoms with E-state index in [2.05, 4.69) is 22.8 Å². The summed E-state index contributed by atoms with van der Waals surface area (Å²) in [4.78, 5) is 111. The van der Waals surface area contributed by atoms with Crippen molar-refractivity contribution in [2.24, 2.45) is 5.92 Å². The van der Waals surface area contributed by atoms with Crippen molar-refractivity contribution < 1.29 is 52.6 Å². The topological polar surface area (TPSA) is 198 Å². The smallest absolute Gasteiger partial charge is 0.258 e. The second kappa shape index (κ2) is 25.1. The molecule has 5 aliphatic heterocycles. The van der Waals surface area contributed by atoms with Crippen molar-refractivity contribution in [1.29, 1.82) is 0 Å². The fourth-order valence-electron chi connectivity index (χ4n) is 12.2. The molecule has 1 fully saturated rings. The quantitative estimate of drug-likeness (QED) is 0.0465. The van der Waals surface area contributed by atoms with Crippen LogP contribution < -0.4 is 34.6 Å². The number of ketones is 2. The highest BCUT2D eigenvalue weighted by atomic mass is 32.2. The number of Topliss-reactive ketones (excluding diaryl/α,β-unsaturated/α-hetero) is 2. The third-order valence-electron chi connectivity index (χ3n) is 16.7. The van der Waals surface area contributed by atoms with E-state index in [-0.39, 0.29) is 110 Å². The van der Waals surface area contributed by atoms with E-state index >= 15 is 0 Å². The summed E-state index contributed by atoms with van der Waals surface area (Å²) in [6.07, 6.45) is 8.43. The summed E-state index contributed by atoms with van der Waals surface area (Å²) >= 11 is 1.35. The van der Waals surface area contributed by atoms with Crippen molar-refractivity contribution >= 4 is 75.8 Å². The van der Waals surface area contributed by atoms with E-state index in [4.69, 9.17) is 14.2 Å². The number of aryl methyl sites for hydroxylation is 3. The van der Waals surface area contributed by atoms with Gasteiger partial charge in [0.25, 0.3) is 11.8 Å². The molecular weight excluding hydrogens is 1060 g/mol. The highest BCUT2D eigenvalue weighted by molar-refractivity contribution is 8.00. The minimum atomic E-state index is -0.851. The number of benzene rings is 5. The number of ether oxygens (including phenoxy) is 3. The number of nitrogens with zero attached hydrogens (tertiary/aromatic N) is 3. The van der Waals surface area contributed by atoms with E-state index < -0.39 is 17.9 Å². The van der Waals surface area contributed by atoms with Gasteiger partial charge >= 0.3 is 0 Å². The predicted octanol–water partition coefficient (Wildman–Crippen LogP) is 9.64. The van der Waals surface area contributed by atoms with Gasteiger partial charge in [-0.3, -0.25) is 43.3 Å². The summed E-state index contributed by atoms with van der Waals surface area (Å²) in [6, 6.07) is 28.6. The molecule has 0 saturated carbocycles. The molecule has 0 spiro atoms. The number of methoxy groups -OCH3 is 1. The summed E-state index contributed by atoms with van der Waals surface area (Å²) < 4.78 is 18.9. The zero-order valence-electron chi connectivity index (χ0n) is 47.3. The van der Waals surface area contributed by atoms with Crippen LogP contribution in [0.3, 0.4) is 0 Å². The molecule has 5 aromatic carbocycles. The summed E-state index contributed by atoms with van der Waals surface area (Å²) in [5.74, 6) is -0.777. The maximum Gasteiger partial charge on any atom is 0.258 e. The van der Waals surface area contributed by atoms with Crippen LogP contribution in [0.4, 0.5) is 17.1 Å². The molecule has 82 heavy (non-hydrogen) atoms. The molecule has 6 amide bonds. The Bertz CT molecular complexity index is 3360. The number of hydrogen-bond donors (Lipinski definition) is 2. The minimum absolute atomic E-state index is 0.00220. The molecule has 5 aliphatic rings. The number of carbonyl (C=O) groups is 8. The standard InChI is InChI=1S/C65H71N5O11S/c1-38-25-51-43(20-22-48-30-45-13-6-9-17-53(45)69(48)63(51)76)32-56(38)80-36-41-27-42(37-81-58-33-44-21-23-49-31-46-14-7-10-18-54(46)70(49)64(77)52(44)34-57(58)79-4)29-47(28-41)67-62(75)39(2)26-55(72)40(3)66-60(73)19-11-8-15-50(71)16-12-24-68-61(74)35-59(82-5)65(68)78/h6-7,9-10,13-14,17-18,25,27-29,32-34,39-40,48-49,59H,8,11-12,15-16,19-24,26,30-31,35-37H2,1-5H3,(H,66,73)(H,67,75)/t39-,40+,48-,49-,59?/m1/s1. The van der Waals surface area contributed by atoms with Crippen LogP contribution in [0.1, 0.15) is 138 Å². The Balaban J connectivity index is 0.782. The SMILES string of the molecule is COc1cc2c(cc1OCc1cc(COc3cc4c(cc3C)C(=O)N3c5ccccc5C[C@H]3CC4)cc(NC(=O)[C@H](C)CC(=O)[C@H](C)NC(=O)CCCCC(=O)CCCN3C(=O)CC(SC)C3=O)c1)CC[C@@H]1Cc3ccccc3N1C2=O. The largest absolute Gasteiger partial charge is 0.493 e. The lowest BCUT2D eigenvalue weighted by atomic mass is 9.98. The van der Waals surface area contributed by atoms with Gasteiger partial charge in [0.15, 0.2) is 17.3 Å². The van der Waals surface area contributed by atoms with E-state index in [1.165, 1.54) is 27.8 Å². The molecule has 0 radical (unpaired) electrons. The number of carbonyl (C=O) groups excluding carboxylic acids is 8. The molecule has 5 atom stereocenters. The van der Waals surface area contributed by atoms with Gasteiger partial charge in [0, 0.05) is 84.8 Å². The number of unbranched alkanes of at least 4 members (excludes halogenated alkanes) is 1. The number of para-hydroxylation sites is 2. The van der Waals surface area contributed by atoms with Crippen molar-refractivity contribution in [3.8, 4) is 17.2 Å². The molecule has 1 unspecified atom stereocenters. The number of nitrogens with one attached hydrogen (secondary N) is 2. The van der Waals surface area contributed by atoms with Crippen LogP contribution in [-0.2, 0) is 67.7 Å². The predicted molar refractivity (Wildman–Crippen MR) is 314 cm³/mol.